The average molecular weight is 405 g/mol. The zero-order valence-corrected chi connectivity index (χ0v) is 16.7. The highest BCUT2D eigenvalue weighted by molar-refractivity contribution is 7.89. The Labute approximate surface area is 161 Å². The monoisotopic (exact) mass is 404 g/mol. The highest BCUT2D eigenvalue weighted by Crippen LogP contribution is 2.33. The molecule has 0 saturated carbocycles. The maximum absolute atomic E-state index is 12.1. The molecule has 0 radical (unpaired) electrons. The molecule has 0 atom stereocenters. The molecule has 3 aromatic rings. The predicted octanol–water partition coefficient (Wildman–Crippen LogP) is 2.28. The van der Waals surface area contributed by atoms with Crippen LogP contribution in [0, 0.1) is 6.92 Å². The van der Waals surface area contributed by atoms with Crippen molar-refractivity contribution >= 4 is 21.4 Å². The third-order valence-corrected chi connectivity index (χ3v) is 6.58. The van der Waals surface area contributed by atoms with Crippen LogP contribution >= 0.6 is 11.3 Å². The molecule has 0 aliphatic heterocycles. The number of hydrogen-bond acceptors (Lipinski definition) is 6. The highest BCUT2D eigenvalue weighted by Gasteiger charge is 2.14. The summed E-state index contributed by atoms with van der Waals surface area (Å²) in [5.74, 6) is -0.00229. The molecule has 0 aliphatic carbocycles. The molecule has 0 aliphatic rings. The zero-order valence-electron chi connectivity index (χ0n) is 15.0. The van der Waals surface area contributed by atoms with Gasteiger partial charge >= 0.3 is 0 Å². The van der Waals surface area contributed by atoms with Gasteiger partial charge in [0.25, 0.3) is 5.56 Å². The Morgan fingerprint density at radius 2 is 1.89 bits per heavy atom. The molecule has 27 heavy (non-hydrogen) atoms. The summed E-state index contributed by atoms with van der Waals surface area (Å²) < 4.78 is 26.8. The van der Waals surface area contributed by atoms with Crippen LogP contribution in [0.1, 0.15) is 12.6 Å². The van der Waals surface area contributed by atoms with Crippen LogP contribution in [0.25, 0.3) is 21.1 Å². The van der Waals surface area contributed by atoms with E-state index in [1.807, 2.05) is 37.3 Å². The lowest BCUT2D eigenvalue weighted by Crippen LogP contribution is -2.32. The van der Waals surface area contributed by atoms with Gasteiger partial charge in [-0.2, -0.15) is 5.10 Å². The molecule has 0 amide bonds. The fourth-order valence-electron chi connectivity index (χ4n) is 2.48. The van der Waals surface area contributed by atoms with Gasteiger partial charge in [-0.25, -0.2) is 22.8 Å². The van der Waals surface area contributed by atoms with E-state index in [1.165, 1.54) is 22.1 Å². The molecule has 0 fully saturated rings. The van der Waals surface area contributed by atoms with Gasteiger partial charge in [0.15, 0.2) is 0 Å². The van der Waals surface area contributed by atoms with Gasteiger partial charge in [0.1, 0.15) is 10.7 Å². The molecule has 2 heterocycles. The van der Waals surface area contributed by atoms with Crippen molar-refractivity contribution < 1.29 is 8.42 Å². The standard InChI is InChI=1S/C18H20N4O3S2/c1-3-27(24,25)19-11-12-22-16(23)10-9-15(21-22)17-13(2)20-18(26-17)14-7-5-4-6-8-14/h4-10,19H,3,11-12H2,1-2H3. The van der Waals surface area contributed by atoms with Crippen molar-refractivity contribution in [3.63, 3.8) is 0 Å². The van der Waals surface area contributed by atoms with Crippen molar-refractivity contribution in [1.82, 2.24) is 19.5 Å². The number of benzene rings is 1. The maximum atomic E-state index is 12.1. The molecule has 9 heteroatoms. The van der Waals surface area contributed by atoms with Crippen LogP contribution in [0.3, 0.4) is 0 Å². The van der Waals surface area contributed by atoms with Crippen LogP contribution in [0.15, 0.2) is 47.3 Å². The van der Waals surface area contributed by atoms with Crippen LogP contribution in [-0.4, -0.2) is 35.5 Å². The van der Waals surface area contributed by atoms with Crippen molar-refractivity contribution in [2.75, 3.05) is 12.3 Å². The minimum Gasteiger partial charge on any atom is -0.268 e. The number of aromatic nitrogens is 3. The number of aryl methyl sites for hydroxylation is 1. The summed E-state index contributed by atoms with van der Waals surface area (Å²) in [6.45, 7) is 3.74. The van der Waals surface area contributed by atoms with E-state index in [-0.39, 0.29) is 24.4 Å². The Hall–Kier alpha value is -2.36. The Bertz CT molecular complexity index is 1090. The lowest BCUT2D eigenvalue weighted by Gasteiger charge is -2.07. The molecule has 0 spiro atoms. The summed E-state index contributed by atoms with van der Waals surface area (Å²) in [5, 5.41) is 5.28. The smallest absolute Gasteiger partial charge is 0.266 e. The Morgan fingerprint density at radius 3 is 2.59 bits per heavy atom. The van der Waals surface area contributed by atoms with E-state index in [9.17, 15) is 13.2 Å². The molecule has 3 rings (SSSR count). The summed E-state index contributed by atoms with van der Waals surface area (Å²) in [6, 6.07) is 13.0. The molecular weight excluding hydrogens is 384 g/mol. The minimum atomic E-state index is -3.30. The quantitative estimate of drug-likeness (QED) is 0.652. The van der Waals surface area contributed by atoms with Crippen molar-refractivity contribution in [2.24, 2.45) is 0 Å². The Morgan fingerprint density at radius 1 is 1.15 bits per heavy atom. The fourth-order valence-corrected chi connectivity index (χ4v) is 4.12. The molecule has 1 aromatic carbocycles. The largest absolute Gasteiger partial charge is 0.268 e. The van der Waals surface area contributed by atoms with Crippen molar-refractivity contribution in [2.45, 2.75) is 20.4 Å². The van der Waals surface area contributed by atoms with E-state index in [4.69, 9.17) is 0 Å². The second-order valence-electron chi connectivity index (χ2n) is 5.88. The SMILES string of the molecule is CCS(=O)(=O)NCCn1nc(-c2sc(-c3ccccc3)nc2C)ccc1=O. The lowest BCUT2D eigenvalue weighted by molar-refractivity contribution is 0.549. The van der Waals surface area contributed by atoms with Crippen LogP contribution in [0.5, 0.6) is 0 Å². The van der Waals surface area contributed by atoms with Gasteiger partial charge in [-0.3, -0.25) is 4.79 Å². The molecule has 0 saturated heterocycles. The van der Waals surface area contributed by atoms with Crippen LogP contribution < -0.4 is 10.3 Å². The summed E-state index contributed by atoms with van der Waals surface area (Å²) in [4.78, 5) is 17.6. The minimum absolute atomic E-state index is 0.00229. The summed E-state index contributed by atoms with van der Waals surface area (Å²) >= 11 is 1.51. The molecule has 0 unspecified atom stereocenters. The molecular formula is C18H20N4O3S2. The van der Waals surface area contributed by atoms with Gasteiger partial charge in [-0.15, -0.1) is 11.3 Å². The highest BCUT2D eigenvalue weighted by atomic mass is 32.2. The summed E-state index contributed by atoms with van der Waals surface area (Å²) in [7, 11) is -3.30. The van der Waals surface area contributed by atoms with E-state index >= 15 is 0 Å². The maximum Gasteiger partial charge on any atom is 0.266 e. The van der Waals surface area contributed by atoms with Crippen LogP contribution in [-0.2, 0) is 16.6 Å². The Kier molecular flexibility index (Phi) is 5.83. The van der Waals surface area contributed by atoms with E-state index in [1.54, 1.807) is 13.0 Å². The van der Waals surface area contributed by atoms with Crippen molar-refractivity contribution in [1.29, 1.82) is 0 Å². The third kappa shape index (κ3) is 4.68. The zero-order chi connectivity index (χ0) is 19.4. The van der Waals surface area contributed by atoms with Gasteiger partial charge in [0, 0.05) is 18.2 Å². The molecule has 2 aromatic heterocycles. The topological polar surface area (TPSA) is 93.9 Å². The number of thiazole rings is 1. The lowest BCUT2D eigenvalue weighted by atomic mass is 10.2. The first kappa shape index (κ1) is 19.4. The van der Waals surface area contributed by atoms with Gasteiger partial charge in [-0.05, 0) is 19.9 Å². The summed E-state index contributed by atoms with van der Waals surface area (Å²) in [6.07, 6.45) is 0. The van der Waals surface area contributed by atoms with Gasteiger partial charge < -0.3 is 0 Å². The number of nitrogens with zero attached hydrogens (tertiary/aromatic N) is 3. The Balaban J connectivity index is 1.86. The van der Waals surface area contributed by atoms with E-state index in [2.05, 4.69) is 14.8 Å². The van der Waals surface area contributed by atoms with Gasteiger partial charge in [0.05, 0.1) is 22.9 Å². The van der Waals surface area contributed by atoms with Gasteiger partial charge in [0.2, 0.25) is 10.0 Å². The van der Waals surface area contributed by atoms with Crippen molar-refractivity contribution in [3.8, 4) is 21.1 Å². The molecule has 142 valence electrons. The predicted molar refractivity (Wildman–Crippen MR) is 107 cm³/mol. The third-order valence-electron chi connectivity index (χ3n) is 3.94. The first-order valence-electron chi connectivity index (χ1n) is 8.48. The van der Waals surface area contributed by atoms with E-state index in [0.717, 1.165) is 21.1 Å². The first-order valence-corrected chi connectivity index (χ1v) is 10.9. The summed E-state index contributed by atoms with van der Waals surface area (Å²) in [5.41, 5.74) is 2.23. The second-order valence-corrected chi connectivity index (χ2v) is 8.97. The number of nitrogens with one attached hydrogen (secondary N) is 1. The number of hydrogen-bond donors (Lipinski definition) is 1. The molecule has 1 N–H and O–H groups in total. The fraction of sp³-hybridized carbons (Fsp3) is 0.278. The van der Waals surface area contributed by atoms with Crippen LogP contribution in [0.2, 0.25) is 0 Å². The second kappa shape index (κ2) is 8.12. The average Bonchev–Trinajstić information content (AvgIpc) is 3.06. The molecule has 7 nitrogen and oxygen atoms in total. The number of rotatable bonds is 7. The van der Waals surface area contributed by atoms with E-state index in [0.29, 0.717) is 5.69 Å². The normalized spacial score (nSPS) is 11.6. The number of sulfonamides is 1. The first-order chi connectivity index (χ1) is 12.9. The van der Waals surface area contributed by atoms with Gasteiger partial charge in [-0.1, -0.05) is 30.3 Å². The molecule has 0 bridgehead atoms. The van der Waals surface area contributed by atoms with Crippen molar-refractivity contribution in [3.05, 3.63) is 58.5 Å². The van der Waals surface area contributed by atoms with E-state index < -0.39 is 10.0 Å². The van der Waals surface area contributed by atoms with Crippen LogP contribution in [0.4, 0.5) is 0 Å².